The molecule has 0 aliphatic carbocycles. The number of rotatable bonds is 5. The van der Waals surface area contributed by atoms with Crippen LogP contribution in [0.3, 0.4) is 0 Å². The summed E-state index contributed by atoms with van der Waals surface area (Å²) in [6.45, 7) is 12.6. The first-order valence-electron chi connectivity index (χ1n) is 5.75. The minimum atomic E-state index is -1.83. The smallest absolute Gasteiger partial charge is 0.192 e. The maximum atomic E-state index is 9.78. The molecule has 0 aromatic rings. The van der Waals surface area contributed by atoms with Gasteiger partial charge in [-0.1, -0.05) is 32.9 Å². The molecule has 0 amide bonds. The first-order chi connectivity index (χ1) is 7.12. The fourth-order valence-corrected chi connectivity index (χ4v) is 2.49. The van der Waals surface area contributed by atoms with Crippen LogP contribution in [0.1, 0.15) is 27.7 Å². The first kappa shape index (κ1) is 15.8. The molecule has 0 radical (unpaired) electrons. The van der Waals surface area contributed by atoms with Crippen LogP contribution in [0.4, 0.5) is 0 Å². The van der Waals surface area contributed by atoms with E-state index in [1.54, 1.807) is 6.08 Å². The average molecular weight is 246 g/mol. The van der Waals surface area contributed by atoms with Gasteiger partial charge < -0.3 is 14.6 Å². The van der Waals surface area contributed by atoms with Crippen molar-refractivity contribution < 1.29 is 14.6 Å². The third-order valence-corrected chi connectivity index (χ3v) is 7.78. The van der Waals surface area contributed by atoms with Gasteiger partial charge in [-0.2, -0.15) is 0 Å². The fraction of sp³-hybridized carbons (Fsp3) is 0.833. The molecule has 0 heterocycles. The topological polar surface area (TPSA) is 49.7 Å². The van der Waals surface area contributed by atoms with E-state index < -0.39 is 14.4 Å². The second-order valence-electron chi connectivity index (χ2n) is 5.68. The van der Waals surface area contributed by atoms with Crippen LogP contribution in [0.15, 0.2) is 12.2 Å². The lowest BCUT2D eigenvalue weighted by atomic mass is 10.2. The van der Waals surface area contributed by atoms with Crippen molar-refractivity contribution in [3.05, 3.63) is 12.2 Å². The molecule has 0 unspecified atom stereocenters. The zero-order valence-electron chi connectivity index (χ0n) is 11.3. The zero-order valence-corrected chi connectivity index (χ0v) is 12.3. The van der Waals surface area contributed by atoms with Gasteiger partial charge in [-0.25, -0.2) is 0 Å². The maximum Gasteiger partial charge on any atom is 0.192 e. The second-order valence-corrected chi connectivity index (χ2v) is 10.4. The largest absolute Gasteiger partial charge is 0.411 e. The minimum Gasteiger partial charge on any atom is -0.411 e. The van der Waals surface area contributed by atoms with E-state index in [1.165, 1.54) is 6.08 Å². The molecular formula is C12H26O3Si. The van der Waals surface area contributed by atoms with Crippen molar-refractivity contribution >= 4 is 8.32 Å². The third-order valence-electron chi connectivity index (χ3n) is 3.21. The number of hydrogen-bond donors (Lipinski definition) is 2. The molecule has 0 saturated heterocycles. The number of aliphatic hydroxyl groups excluding tert-OH is 2. The molecule has 3 nitrogen and oxygen atoms in total. The summed E-state index contributed by atoms with van der Waals surface area (Å²) in [6.07, 6.45) is 2.23. The Balaban J connectivity index is 4.44. The second kappa shape index (κ2) is 5.96. The number of hydrogen-bond acceptors (Lipinski definition) is 3. The molecule has 2 N–H and O–H groups in total. The molecule has 4 heteroatoms. The van der Waals surface area contributed by atoms with Gasteiger partial charge in [-0.05, 0) is 25.1 Å². The van der Waals surface area contributed by atoms with Gasteiger partial charge in [0.25, 0.3) is 0 Å². The summed E-state index contributed by atoms with van der Waals surface area (Å²) in [7, 11) is -1.83. The summed E-state index contributed by atoms with van der Waals surface area (Å²) in [5.41, 5.74) is 0. The summed E-state index contributed by atoms with van der Waals surface area (Å²) in [4.78, 5) is 0. The summed E-state index contributed by atoms with van der Waals surface area (Å²) >= 11 is 0. The lowest BCUT2D eigenvalue weighted by Gasteiger charge is -2.39. The van der Waals surface area contributed by atoms with Crippen molar-refractivity contribution in [3.8, 4) is 0 Å². The molecule has 16 heavy (non-hydrogen) atoms. The normalized spacial score (nSPS) is 17.8. The lowest BCUT2D eigenvalue weighted by molar-refractivity contribution is 0.0689. The van der Waals surface area contributed by atoms with Gasteiger partial charge in [0.05, 0.1) is 18.8 Å². The van der Waals surface area contributed by atoms with Crippen LogP contribution >= 0.6 is 0 Å². The predicted octanol–water partition coefficient (Wildman–Crippen LogP) is 2.31. The quantitative estimate of drug-likeness (QED) is 0.578. The van der Waals surface area contributed by atoms with E-state index in [-0.39, 0.29) is 17.7 Å². The molecule has 0 aliphatic heterocycles. The van der Waals surface area contributed by atoms with Crippen LogP contribution in [0.25, 0.3) is 0 Å². The van der Waals surface area contributed by atoms with Gasteiger partial charge in [0.1, 0.15) is 0 Å². The molecule has 0 aromatic heterocycles. The van der Waals surface area contributed by atoms with E-state index in [0.29, 0.717) is 0 Å². The van der Waals surface area contributed by atoms with Crippen LogP contribution in [-0.4, -0.2) is 37.3 Å². The highest BCUT2D eigenvalue weighted by Crippen LogP contribution is 2.37. The van der Waals surface area contributed by atoms with Crippen LogP contribution < -0.4 is 0 Å². The SMILES string of the molecule is C[C@H](O[Si](C)(C)C(C)(C)C)[C@H](O)/C=C/CO. The first-order valence-corrected chi connectivity index (χ1v) is 8.66. The monoisotopic (exact) mass is 246 g/mol. The van der Waals surface area contributed by atoms with Gasteiger partial charge in [0.2, 0.25) is 0 Å². The molecule has 0 spiro atoms. The Labute approximate surface area is 100 Å². The molecule has 0 rings (SSSR count). The summed E-state index contributed by atoms with van der Waals surface area (Å²) < 4.78 is 6.02. The van der Waals surface area contributed by atoms with Gasteiger partial charge in [0.15, 0.2) is 8.32 Å². The molecule has 0 bridgehead atoms. The van der Waals surface area contributed by atoms with Gasteiger partial charge in [-0.15, -0.1) is 0 Å². The third kappa shape index (κ3) is 4.78. The number of aliphatic hydroxyl groups is 2. The van der Waals surface area contributed by atoms with Gasteiger partial charge in [-0.3, -0.25) is 0 Å². The Kier molecular flexibility index (Phi) is 5.90. The Morgan fingerprint density at radius 3 is 2.19 bits per heavy atom. The predicted molar refractivity (Wildman–Crippen MR) is 70.0 cm³/mol. The summed E-state index contributed by atoms with van der Waals surface area (Å²) in [5, 5.41) is 18.5. The maximum absolute atomic E-state index is 9.78. The van der Waals surface area contributed by atoms with E-state index in [9.17, 15) is 5.11 Å². The molecule has 0 fully saturated rings. The molecule has 96 valence electrons. The zero-order chi connectivity index (χ0) is 13.0. The highest BCUT2D eigenvalue weighted by atomic mass is 28.4. The van der Waals surface area contributed by atoms with E-state index >= 15 is 0 Å². The molecular weight excluding hydrogens is 220 g/mol. The molecule has 0 aromatic carbocycles. The van der Waals surface area contributed by atoms with Gasteiger partial charge >= 0.3 is 0 Å². The van der Waals surface area contributed by atoms with Crippen molar-refractivity contribution in [2.24, 2.45) is 0 Å². The van der Waals surface area contributed by atoms with E-state index in [0.717, 1.165) is 0 Å². The van der Waals surface area contributed by atoms with Crippen LogP contribution in [0, 0.1) is 0 Å². The van der Waals surface area contributed by atoms with Crippen molar-refractivity contribution in [2.45, 2.75) is 58.0 Å². The van der Waals surface area contributed by atoms with Crippen molar-refractivity contribution in [2.75, 3.05) is 6.61 Å². The van der Waals surface area contributed by atoms with Crippen molar-refractivity contribution in [1.29, 1.82) is 0 Å². The van der Waals surface area contributed by atoms with Crippen molar-refractivity contribution in [1.82, 2.24) is 0 Å². The van der Waals surface area contributed by atoms with E-state index in [2.05, 4.69) is 33.9 Å². The van der Waals surface area contributed by atoms with Crippen LogP contribution in [-0.2, 0) is 4.43 Å². The molecule has 0 aliphatic rings. The molecule has 0 saturated carbocycles. The highest BCUT2D eigenvalue weighted by Gasteiger charge is 2.39. The Morgan fingerprint density at radius 2 is 1.81 bits per heavy atom. The minimum absolute atomic E-state index is 0.0517. The average Bonchev–Trinajstić information content (AvgIpc) is 2.11. The van der Waals surface area contributed by atoms with Crippen LogP contribution in [0.5, 0.6) is 0 Å². The highest BCUT2D eigenvalue weighted by molar-refractivity contribution is 6.74. The lowest BCUT2D eigenvalue weighted by Crippen LogP contribution is -2.45. The van der Waals surface area contributed by atoms with E-state index in [4.69, 9.17) is 9.53 Å². The van der Waals surface area contributed by atoms with Gasteiger partial charge in [0, 0.05) is 0 Å². The summed E-state index contributed by atoms with van der Waals surface area (Å²) in [5.74, 6) is 0. The van der Waals surface area contributed by atoms with Crippen molar-refractivity contribution in [3.63, 3.8) is 0 Å². The standard InChI is InChI=1S/C12H26O3Si/c1-10(11(14)8-7-9-13)15-16(5,6)12(2,3)4/h7-8,10-11,13-14H,9H2,1-6H3/b8-7+/t10-,11+/m0/s1. The van der Waals surface area contributed by atoms with E-state index in [1.807, 2.05) is 6.92 Å². The Hall–Kier alpha value is -0.163. The molecule has 2 atom stereocenters. The summed E-state index contributed by atoms with van der Waals surface area (Å²) in [6, 6.07) is 0. The Morgan fingerprint density at radius 1 is 1.31 bits per heavy atom. The fourth-order valence-electron chi connectivity index (χ4n) is 1.07. The Bertz CT molecular complexity index is 231. The van der Waals surface area contributed by atoms with Crippen LogP contribution in [0.2, 0.25) is 18.1 Å².